The van der Waals surface area contributed by atoms with Crippen LogP contribution >= 0.6 is 0 Å². The van der Waals surface area contributed by atoms with Crippen LogP contribution in [0.4, 0.5) is 0 Å². The fourth-order valence-electron chi connectivity index (χ4n) is 4.41. The van der Waals surface area contributed by atoms with Gasteiger partial charge < -0.3 is 5.11 Å². The van der Waals surface area contributed by atoms with E-state index in [-0.39, 0.29) is 34.5 Å². The molecule has 2 unspecified atom stereocenters. The van der Waals surface area contributed by atoms with Crippen LogP contribution in [0.25, 0.3) is 0 Å². The SMILES string of the molecule is CC(C)C1=C(O)C2=C(C(=O)C1=O)C1CCCC(C)(C)C1C=C2. The molecule has 0 aliphatic heterocycles. The number of rotatable bonds is 1. The van der Waals surface area contributed by atoms with Gasteiger partial charge in [0, 0.05) is 16.7 Å². The first-order valence-electron chi connectivity index (χ1n) is 8.20. The van der Waals surface area contributed by atoms with E-state index in [2.05, 4.69) is 19.9 Å². The molecule has 0 heterocycles. The van der Waals surface area contributed by atoms with Gasteiger partial charge in [-0.15, -0.1) is 0 Å². The lowest BCUT2D eigenvalue weighted by atomic mass is 9.58. The first-order valence-corrected chi connectivity index (χ1v) is 8.20. The van der Waals surface area contributed by atoms with Crippen molar-refractivity contribution in [3.63, 3.8) is 0 Å². The Hall–Kier alpha value is -1.64. The molecule has 1 saturated carbocycles. The topological polar surface area (TPSA) is 54.4 Å². The number of ketones is 2. The number of hydrogen-bond acceptors (Lipinski definition) is 3. The van der Waals surface area contributed by atoms with Gasteiger partial charge in [-0.25, -0.2) is 0 Å². The number of carbonyl (C=O) groups excluding carboxylic acids is 2. The summed E-state index contributed by atoms with van der Waals surface area (Å²) in [5, 5.41) is 10.5. The first-order chi connectivity index (χ1) is 10.3. The lowest BCUT2D eigenvalue weighted by Crippen LogP contribution is -2.41. The molecule has 3 nitrogen and oxygen atoms in total. The minimum atomic E-state index is -0.510. The van der Waals surface area contributed by atoms with Crippen molar-refractivity contribution in [1.29, 1.82) is 0 Å². The maximum Gasteiger partial charge on any atom is 0.233 e. The Kier molecular flexibility index (Phi) is 3.42. The van der Waals surface area contributed by atoms with Crippen molar-refractivity contribution in [3.8, 4) is 0 Å². The van der Waals surface area contributed by atoms with E-state index in [1.54, 1.807) is 0 Å². The number of hydrogen-bond donors (Lipinski definition) is 1. The van der Waals surface area contributed by atoms with Crippen LogP contribution in [0.3, 0.4) is 0 Å². The van der Waals surface area contributed by atoms with Gasteiger partial charge in [-0.3, -0.25) is 9.59 Å². The van der Waals surface area contributed by atoms with Crippen LogP contribution in [0, 0.1) is 23.2 Å². The zero-order valence-corrected chi connectivity index (χ0v) is 13.8. The van der Waals surface area contributed by atoms with E-state index in [4.69, 9.17) is 0 Å². The summed E-state index contributed by atoms with van der Waals surface area (Å²) in [6.45, 7) is 8.12. The molecule has 3 aliphatic rings. The lowest BCUT2D eigenvalue weighted by molar-refractivity contribution is -0.133. The zero-order valence-electron chi connectivity index (χ0n) is 13.8. The molecule has 3 aliphatic carbocycles. The summed E-state index contributed by atoms with van der Waals surface area (Å²) in [6, 6.07) is 0. The van der Waals surface area contributed by atoms with E-state index in [0.717, 1.165) is 19.3 Å². The normalized spacial score (nSPS) is 30.8. The molecule has 22 heavy (non-hydrogen) atoms. The van der Waals surface area contributed by atoms with E-state index in [9.17, 15) is 14.7 Å². The quantitative estimate of drug-likeness (QED) is 0.590. The Morgan fingerprint density at radius 2 is 1.91 bits per heavy atom. The van der Waals surface area contributed by atoms with E-state index in [0.29, 0.717) is 11.1 Å². The van der Waals surface area contributed by atoms with Gasteiger partial charge in [-0.1, -0.05) is 46.3 Å². The van der Waals surface area contributed by atoms with Crippen molar-refractivity contribution < 1.29 is 14.7 Å². The summed E-state index contributed by atoms with van der Waals surface area (Å²) in [4.78, 5) is 25.1. The molecule has 2 atom stereocenters. The Morgan fingerprint density at radius 3 is 2.55 bits per heavy atom. The van der Waals surface area contributed by atoms with Gasteiger partial charge in [0.2, 0.25) is 11.6 Å². The predicted molar refractivity (Wildman–Crippen MR) is 85.3 cm³/mol. The highest BCUT2D eigenvalue weighted by Crippen LogP contribution is 2.51. The van der Waals surface area contributed by atoms with Crippen LogP contribution in [-0.4, -0.2) is 16.7 Å². The van der Waals surface area contributed by atoms with E-state index in [1.807, 2.05) is 19.9 Å². The van der Waals surface area contributed by atoms with E-state index < -0.39 is 11.6 Å². The molecule has 0 aromatic carbocycles. The number of Topliss-reactive ketones (excluding diaryl/α,β-unsaturated/α-hetero) is 2. The Balaban J connectivity index is 2.15. The van der Waals surface area contributed by atoms with E-state index >= 15 is 0 Å². The highest BCUT2D eigenvalue weighted by molar-refractivity contribution is 6.50. The average molecular weight is 300 g/mol. The molecule has 3 rings (SSSR count). The van der Waals surface area contributed by atoms with Crippen LogP contribution in [0.2, 0.25) is 0 Å². The summed E-state index contributed by atoms with van der Waals surface area (Å²) < 4.78 is 0. The lowest BCUT2D eigenvalue weighted by Gasteiger charge is -2.46. The summed E-state index contributed by atoms with van der Waals surface area (Å²) >= 11 is 0. The van der Waals surface area contributed by atoms with Gasteiger partial charge in [0.05, 0.1) is 0 Å². The maximum absolute atomic E-state index is 12.7. The highest BCUT2D eigenvalue weighted by Gasteiger charge is 2.47. The Labute approximate surface area is 131 Å². The standard InChI is InChI=1S/C19H24O3/c1-10(2)14-16(20)12-7-8-13-11(6-5-9-19(13,3)4)15(12)18(22)17(14)21/h7-8,10-11,13,20H,5-6,9H2,1-4H3. The summed E-state index contributed by atoms with van der Waals surface area (Å²) in [7, 11) is 0. The third-order valence-corrected chi connectivity index (χ3v) is 5.59. The molecule has 1 N–H and O–H groups in total. The van der Waals surface area contributed by atoms with Crippen molar-refractivity contribution in [3.05, 3.63) is 34.6 Å². The number of carbonyl (C=O) groups is 2. The molecular formula is C19H24O3. The monoisotopic (exact) mass is 300 g/mol. The molecule has 0 saturated heterocycles. The van der Waals surface area contributed by atoms with Gasteiger partial charge in [-0.05, 0) is 36.0 Å². The Bertz CT molecular complexity index is 644. The molecule has 0 bridgehead atoms. The molecule has 0 aromatic heterocycles. The third-order valence-electron chi connectivity index (χ3n) is 5.59. The fourth-order valence-corrected chi connectivity index (χ4v) is 4.41. The third kappa shape index (κ3) is 2.02. The van der Waals surface area contributed by atoms with Gasteiger partial charge in [0.25, 0.3) is 0 Å². The number of aliphatic hydroxyl groups excluding tert-OH is 1. The number of aliphatic hydroxyl groups is 1. The molecule has 3 heteroatoms. The molecular weight excluding hydrogens is 276 g/mol. The minimum absolute atomic E-state index is 0.0210. The fraction of sp³-hybridized carbons (Fsp3) is 0.579. The Morgan fingerprint density at radius 1 is 1.23 bits per heavy atom. The van der Waals surface area contributed by atoms with Crippen molar-refractivity contribution in [2.75, 3.05) is 0 Å². The van der Waals surface area contributed by atoms with Crippen molar-refractivity contribution >= 4 is 11.6 Å². The van der Waals surface area contributed by atoms with Crippen LogP contribution in [0.5, 0.6) is 0 Å². The predicted octanol–water partition coefficient (Wildman–Crippen LogP) is 3.92. The van der Waals surface area contributed by atoms with Gasteiger partial charge in [-0.2, -0.15) is 0 Å². The van der Waals surface area contributed by atoms with E-state index in [1.165, 1.54) is 0 Å². The van der Waals surface area contributed by atoms with Crippen LogP contribution < -0.4 is 0 Å². The van der Waals surface area contributed by atoms with Gasteiger partial charge >= 0.3 is 0 Å². The van der Waals surface area contributed by atoms with Gasteiger partial charge in [0.1, 0.15) is 5.76 Å². The molecule has 0 aromatic rings. The highest BCUT2D eigenvalue weighted by atomic mass is 16.3. The van der Waals surface area contributed by atoms with Gasteiger partial charge in [0.15, 0.2) is 0 Å². The smallest absolute Gasteiger partial charge is 0.233 e. The summed E-state index contributed by atoms with van der Waals surface area (Å²) in [5.41, 5.74) is 1.54. The first kappa shape index (κ1) is 15.3. The molecule has 0 amide bonds. The second-order valence-corrected chi connectivity index (χ2v) is 7.77. The second-order valence-electron chi connectivity index (χ2n) is 7.77. The summed E-state index contributed by atoms with van der Waals surface area (Å²) in [6.07, 6.45) is 7.11. The van der Waals surface area contributed by atoms with Crippen LogP contribution in [-0.2, 0) is 9.59 Å². The largest absolute Gasteiger partial charge is 0.507 e. The molecule has 118 valence electrons. The zero-order chi connectivity index (χ0) is 16.2. The second kappa shape index (κ2) is 4.94. The number of allylic oxidation sites excluding steroid dienone is 4. The minimum Gasteiger partial charge on any atom is -0.507 e. The number of fused-ring (bicyclic) bond motifs is 2. The average Bonchev–Trinajstić information content (AvgIpc) is 2.43. The molecule has 0 spiro atoms. The maximum atomic E-state index is 12.7. The van der Waals surface area contributed by atoms with Crippen molar-refractivity contribution in [2.24, 2.45) is 23.2 Å². The van der Waals surface area contributed by atoms with Crippen molar-refractivity contribution in [2.45, 2.75) is 47.0 Å². The van der Waals surface area contributed by atoms with Crippen LogP contribution in [0.15, 0.2) is 34.6 Å². The summed E-state index contributed by atoms with van der Waals surface area (Å²) in [5.74, 6) is -0.703. The molecule has 1 fully saturated rings. The molecule has 0 radical (unpaired) electrons. The van der Waals surface area contributed by atoms with Crippen LogP contribution in [0.1, 0.15) is 47.0 Å². The van der Waals surface area contributed by atoms with Crippen molar-refractivity contribution in [1.82, 2.24) is 0 Å².